The number of benzene rings is 1. The molecular weight excluding hydrogens is 425 g/mol. The highest BCUT2D eigenvalue weighted by Gasteiger charge is 2.40. The minimum Gasteiger partial charge on any atom is -0.418 e. The summed E-state index contributed by atoms with van der Waals surface area (Å²) in [5, 5.41) is 5.14. The molecule has 1 atom stereocenters. The molecule has 0 unspecified atom stereocenters. The molecule has 0 spiro atoms. The molecule has 10 heteroatoms. The van der Waals surface area contributed by atoms with E-state index in [0.717, 1.165) is 19.4 Å². The van der Waals surface area contributed by atoms with Crippen molar-refractivity contribution >= 4 is 15.6 Å². The molecule has 2 aromatic rings. The maximum Gasteiger partial charge on any atom is 0.673 e. The summed E-state index contributed by atoms with van der Waals surface area (Å²) in [6, 6.07) is 4.87. The SMILES string of the molecule is Cc1cc(C)c(-n2c[n+]3c(n2)CC[C@@H]3CO[Si](C)(C)C(C)(C)C)c(C)c1.F[B-](F)(F)F. The van der Waals surface area contributed by atoms with Crippen LogP contribution in [0.15, 0.2) is 18.5 Å². The van der Waals surface area contributed by atoms with Gasteiger partial charge in [0, 0.05) is 11.5 Å². The highest BCUT2D eigenvalue weighted by atomic mass is 28.4. The van der Waals surface area contributed by atoms with Gasteiger partial charge in [0.1, 0.15) is 11.7 Å². The van der Waals surface area contributed by atoms with E-state index in [4.69, 9.17) is 9.52 Å². The average molecular weight is 459 g/mol. The van der Waals surface area contributed by atoms with Crippen molar-refractivity contribution in [1.29, 1.82) is 0 Å². The van der Waals surface area contributed by atoms with E-state index in [-0.39, 0.29) is 5.04 Å². The Morgan fingerprint density at radius 2 is 1.65 bits per heavy atom. The van der Waals surface area contributed by atoms with Gasteiger partial charge in [-0.2, -0.15) is 0 Å². The summed E-state index contributed by atoms with van der Waals surface area (Å²) in [6.45, 7) is 18.8. The zero-order valence-electron chi connectivity index (χ0n) is 19.8. The Morgan fingerprint density at radius 3 is 2.13 bits per heavy atom. The summed E-state index contributed by atoms with van der Waals surface area (Å²) < 4.78 is 49.9. The van der Waals surface area contributed by atoms with Crippen LogP contribution in [0, 0.1) is 20.8 Å². The van der Waals surface area contributed by atoms with Crippen LogP contribution in [0.25, 0.3) is 5.69 Å². The lowest BCUT2D eigenvalue weighted by atomic mass is 10.1. The molecular formula is C21H34BF4N3OSi. The van der Waals surface area contributed by atoms with Crippen molar-refractivity contribution in [1.82, 2.24) is 9.78 Å². The number of nitrogens with zero attached hydrogens (tertiary/aromatic N) is 3. The largest absolute Gasteiger partial charge is 0.673 e. The van der Waals surface area contributed by atoms with Gasteiger partial charge in [0.2, 0.25) is 6.33 Å². The normalized spacial score (nSPS) is 16.7. The number of fused-ring (bicyclic) bond motifs is 1. The van der Waals surface area contributed by atoms with E-state index in [1.807, 2.05) is 0 Å². The van der Waals surface area contributed by atoms with Gasteiger partial charge in [-0.15, -0.1) is 0 Å². The first-order valence-corrected chi connectivity index (χ1v) is 13.5. The Bertz CT molecular complexity index is 893. The third-order valence-corrected chi connectivity index (χ3v) is 10.7. The second-order valence-electron chi connectivity index (χ2n) is 9.89. The van der Waals surface area contributed by atoms with Crippen LogP contribution in [0.4, 0.5) is 17.3 Å². The van der Waals surface area contributed by atoms with Crippen LogP contribution in [0.2, 0.25) is 18.1 Å². The summed E-state index contributed by atoms with van der Waals surface area (Å²) in [5.41, 5.74) is 5.06. The van der Waals surface area contributed by atoms with Crippen molar-refractivity contribution in [3.8, 4) is 5.69 Å². The molecule has 0 saturated heterocycles. The highest BCUT2D eigenvalue weighted by Crippen LogP contribution is 2.37. The zero-order valence-corrected chi connectivity index (χ0v) is 20.8. The summed E-state index contributed by atoms with van der Waals surface area (Å²) in [7, 11) is -7.72. The lowest BCUT2D eigenvalue weighted by Crippen LogP contribution is -2.45. The number of aromatic nitrogens is 3. The van der Waals surface area contributed by atoms with Gasteiger partial charge in [-0.1, -0.05) is 43.1 Å². The molecule has 0 aliphatic carbocycles. The van der Waals surface area contributed by atoms with Crippen molar-refractivity contribution in [3.63, 3.8) is 0 Å². The summed E-state index contributed by atoms with van der Waals surface area (Å²) in [5.74, 6) is 1.17. The molecule has 0 bridgehead atoms. The number of hydrogen-bond donors (Lipinski definition) is 0. The predicted octanol–water partition coefficient (Wildman–Crippen LogP) is 5.89. The van der Waals surface area contributed by atoms with E-state index in [1.165, 1.54) is 28.2 Å². The maximum atomic E-state index is 9.75. The van der Waals surface area contributed by atoms with Crippen LogP contribution in [-0.4, -0.2) is 32.0 Å². The van der Waals surface area contributed by atoms with Gasteiger partial charge >= 0.3 is 7.25 Å². The monoisotopic (exact) mass is 459 g/mol. The van der Waals surface area contributed by atoms with Gasteiger partial charge in [-0.3, -0.25) is 0 Å². The summed E-state index contributed by atoms with van der Waals surface area (Å²) in [6.07, 6.45) is 4.33. The first kappa shape index (κ1) is 25.6. The summed E-state index contributed by atoms with van der Waals surface area (Å²) >= 11 is 0. The van der Waals surface area contributed by atoms with Gasteiger partial charge in [-0.25, -0.2) is 4.57 Å². The minimum absolute atomic E-state index is 0.249. The molecule has 31 heavy (non-hydrogen) atoms. The van der Waals surface area contributed by atoms with Gasteiger partial charge in [0.25, 0.3) is 5.82 Å². The van der Waals surface area contributed by atoms with Crippen LogP contribution < -0.4 is 4.57 Å². The standard InChI is InChI=1S/C21H34N3OSi.BF4/c1-15-11-16(2)20(17(3)12-15)24-14-23-18(9-10-19(23)22-24)13-25-26(7,8)21(4,5)6;2-1(3,4)5/h11-12,14,18H,9-10,13H2,1-8H3;/q+1;-1/t18-;/m1./s1. The van der Waals surface area contributed by atoms with Crippen LogP contribution in [-0.2, 0) is 10.8 Å². The van der Waals surface area contributed by atoms with Gasteiger partial charge < -0.3 is 21.7 Å². The predicted molar refractivity (Wildman–Crippen MR) is 119 cm³/mol. The minimum atomic E-state index is -6.00. The third kappa shape index (κ3) is 6.65. The molecule has 0 amide bonds. The highest BCUT2D eigenvalue weighted by molar-refractivity contribution is 6.74. The lowest BCUT2D eigenvalue weighted by molar-refractivity contribution is -0.718. The Hall–Kier alpha value is -1.68. The second-order valence-corrected chi connectivity index (χ2v) is 14.7. The Morgan fingerprint density at radius 1 is 1.13 bits per heavy atom. The van der Waals surface area contributed by atoms with Gasteiger partial charge in [0.15, 0.2) is 8.32 Å². The van der Waals surface area contributed by atoms with E-state index in [9.17, 15) is 17.3 Å². The van der Waals surface area contributed by atoms with Crippen LogP contribution in [0.5, 0.6) is 0 Å². The first-order valence-electron chi connectivity index (χ1n) is 10.6. The van der Waals surface area contributed by atoms with Crippen molar-refractivity contribution in [2.45, 2.75) is 78.6 Å². The quantitative estimate of drug-likeness (QED) is 0.324. The fourth-order valence-electron chi connectivity index (χ4n) is 3.63. The van der Waals surface area contributed by atoms with E-state index >= 15 is 0 Å². The van der Waals surface area contributed by atoms with Crippen molar-refractivity contribution in [3.05, 3.63) is 41.0 Å². The fraction of sp³-hybridized carbons (Fsp3) is 0.619. The number of aryl methyl sites for hydroxylation is 4. The molecule has 0 N–H and O–H groups in total. The van der Waals surface area contributed by atoms with Crippen LogP contribution >= 0.6 is 0 Å². The molecule has 0 fully saturated rings. The Labute approximate surface area is 183 Å². The molecule has 1 aliphatic rings. The Balaban J connectivity index is 0.000000614. The zero-order chi connectivity index (χ0) is 23.8. The lowest BCUT2D eigenvalue weighted by Gasteiger charge is -2.36. The first-order chi connectivity index (χ1) is 14.0. The van der Waals surface area contributed by atoms with Crippen LogP contribution in [0.1, 0.15) is 55.7 Å². The molecule has 2 heterocycles. The second kappa shape index (κ2) is 9.05. The molecule has 1 aromatic heterocycles. The molecule has 0 saturated carbocycles. The Kier molecular flexibility index (Phi) is 7.47. The van der Waals surface area contributed by atoms with Gasteiger partial charge in [-0.05, 0) is 56.5 Å². The molecule has 174 valence electrons. The number of halogens is 4. The van der Waals surface area contributed by atoms with Crippen molar-refractivity contribution in [2.75, 3.05) is 6.61 Å². The number of rotatable bonds is 4. The summed E-state index contributed by atoms with van der Waals surface area (Å²) in [4.78, 5) is 0. The van der Waals surface area contributed by atoms with E-state index < -0.39 is 15.6 Å². The molecule has 3 rings (SSSR count). The average Bonchev–Trinajstić information content (AvgIpc) is 3.10. The number of hydrogen-bond acceptors (Lipinski definition) is 2. The smallest absolute Gasteiger partial charge is 0.418 e. The molecule has 0 radical (unpaired) electrons. The topological polar surface area (TPSA) is 30.9 Å². The van der Waals surface area contributed by atoms with Crippen molar-refractivity contribution in [2.24, 2.45) is 0 Å². The van der Waals surface area contributed by atoms with Crippen molar-refractivity contribution < 1.29 is 26.3 Å². The van der Waals surface area contributed by atoms with E-state index in [1.54, 1.807) is 0 Å². The fourth-order valence-corrected chi connectivity index (χ4v) is 4.67. The molecule has 1 aliphatic heterocycles. The molecule has 1 aromatic carbocycles. The maximum absolute atomic E-state index is 9.75. The molecule has 4 nitrogen and oxygen atoms in total. The van der Waals surface area contributed by atoms with E-state index in [2.05, 4.69) is 82.3 Å². The van der Waals surface area contributed by atoms with E-state index in [0.29, 0.717) is 6.04 Å². The third-order valence-electron chi connectivity index (χ3n) is 6.16. The van der Waals surface area contributed by atoms with Gasteiger partial charge in [0.05, 0.1) is 6.61 Å². The van der Waals surface area contributed by atoms with Crippen LogP contribution in [0.3, 0.4) is 0 Å².